The van der Waals surface area contributed by atoms with Gasteiger partial charge in [0.15, 0.2) is 0 Å². The van der Waals surface area contributed by atoms with Crippen LogP contribution in [0.4, 0.5) is 5.69 Å². The second-order valence-electron chi connectivity index (χ2n) is 6.28. The number of benzene rings is 2. The Bertz CT molecular complexity index is 947. The molecule has 0 saturated heterocycles. The molecule has 3 aromatic rings. The molecule has 7 heteroatoms. The van der Waals surface area contributed by atoms with Gasteiger partial charge in [-0.25, -0.2) is 8.42 Å². The van der Waals surface area contributed by atoms with Crippen LogP contribution in [0.2, 0.25) is 0 Å². The molecule has 0 aliphatic carbocycles. The summed E-state index contributed by atoms with van der Waals surface area (Å²) in [5, 5.41) is 7.60. The molecule has 132 valence electrons. The van der Waals surface area contributed by atoms with Gasteiger partial charge >= 0.3 is 0 Å². The van der Waals surface area contributed by atoms with E-state index in [0.29, 0.717) is 24.0 Å². The summed E-state index contributed by atoms with van der Waals surface area (Å²) in [6.45, 7) is 4.88. The van der Waals surface area contributed by atoms with Crippen LogP contribution in [0.25, 0.3) is 10.9 Å². The van der Waals surface area contributed by atoms with Crippen LogP contribution in [0.1, 0.15) is 20.3 Å². The molecule has 0 bridgehead atoms. The summed E-state index contributed by atoms with van der Waals surface area (Å²) in [7, 11) is -3.65. The fourth-order valence-electron chi connectivity index (χ4n) is 2.35. The molecule has 0 saturated carbocycles. The Labute approximate surface area is 147 Å². The highest BCUT2D eigenvalue weighted by atomic mass is 32.2. The van der Waals surface area contributed by atoms with Gasteiger partial charge in [0.05, 0.1) is 23.2 Å². The van der Waals surface area contributed by atoms with Gasteiger partial charge in [0.25, 0.3) is 10.0 Å². The molecule has 25 heavy (non-hydrogen) atoms. The van der Waals surface area contributed by atoms with Gasteiger partial charge in [-0.3, -0.25) is 9.82 Å². The largest absolute Gasteiger partial charge is 0.494 e. The molecule has 0 amide bonds. The van der Waals surface area contributed by atoms with E-state index in [2.05, 4.69) is 28.8 Å². The minimum absolute atomic E-state index is 0.191. The van der Waals surface area contributed by atoms with Crippen LogP contribution < -0.4 is 9.46 Å². The predicted octanol–water partition coefficient (Wildman–Crippen LogP) is 3.79. The summed E-state index contributed by atoms with van der Waals surface area (Å²) in [4.78, 5) is 0.191. The lowest BCUT2D eigenvalue weighted by Gasteiger charge is -2.10. The molecule has 0 spiro atoms. The number of fused-ring (bicyclic) bond motifs is 1. The van der Waals surface area contributed by atoms with E-state index in [1.165, 1.54) is 0 Å². The van der Waals surface area contributed by atoms with Gasteiger partial charge in [0, 0.05) is 11.1 Å². The molecule has 3 rings (SSSR count). The Kier molecular flexibility index (Phi) is 4.94. The van der Waals surface area contributed by atoms with Crippen molar-refractivity contribution < 1.29 is 13.2 Å². The summed E-state index contributed by atoms with van der Waals surface area (Å²) in [6.07, 6.45) is 2.61. The third kappa shape index (κ3) is 4.30. The summed E-state index contributed by atoms with van der Waals surface area (Å²) in [6, 6.07) is 11.7. The second kappa shape index (κ2) is 7.14. The number of anilines is 1. The van der Waals surface area contributed by atoms with Crippen molar-refractivity contribution in [3.63, 3.8) is 0 Å². The number of hydrogen-bond acceptors (Lipinski definition) is 4. The molecule has 0 radical (unpaired) electrons. The molecule has 0 aliphatic rings. The normalized spacial score (nSPS) is 11.8. The number of H-pyrrole nitrogens is 1. The van der Waals surface area contributed by atoms with Crippen molar-refractivity contribution >= 4 is 26.6 Å². The summed E-state index contributed by atoms with van der Waals surface area (Å²) < 4.78 is 33.2. The first kappa shape index (κ1) is 17.3. The number of ether oxygens (including phenoxy) is 1. The van der Waals surface area contributed by atoms with Crippen molar-refractivity contribution in [3.05, 3.63) is 48.7 Å². The number of aromatic nitrogens is 2. The number of nitrogens with zero attached hydrogens (tertiary/aromatic N) is 1. The van der Waals surface area contributed by atoms with Gasteiger partial charge in [-0.2, -0.15) is 5.10 Å². The molecule has 0 atom stereocenters. The van der Waals surface area contributed by atoms with Gasteiger partial charge in [-0.05, 0) is 54.8 Å². The van der Waals surface area contributed by atoms with E-state index >= 15 is 0 Å². The highest BCUT2D eigenvalue weighted by Crippen LogP contribution is 2.22. The molecule has 2 aromatic carbocycles. The molecule has 6 nitrogen and oxygen atoms in total. The maximum absolute atomic E-state index is 12.5. The number of sulfonamides is 1. The zero-order chi connectivity index (χ0) is 17.9. The number of rotatable bonds is 7. The fourth-order valence-corrected chi connectivity index (χ4v) is 3.40. The van der Waals surface area contributed by atoms with E-state index < -0.39 is 10.0 Å². The van der Waals surface area contributed by atoms with Crippen LogP contribution in [0.5, 0.6) is 5.75 Å². The Balaban J connectivity index is 1.70. The van der Waals surface area contributed by atoms with Crippen molar-refractivity contribution in [2.45, 2.75) is 25.2 Å². The van der Waals surface area contributed by atoms with E-state index in [1.54, 1.807) is 48.7 Å². The summed E-state index contributed by atoms with van der Waals surface area (Å²) in [5.41, 5.74) is 1.34. The molecule has 1 heterocycles. The second-order valence-corrected chi connectivity index (χ2v) is 7.96. The lowest BCUT2D eigenvalue weighted by molar-refractivity contribution is 0.289. The SMILES string of the molecule is CC(C)CCOc1ccc(S(=O)(=O)Nc2ccc3[nH]ncc3c2)cc1. The first-order valence-corrected chi connectivity index (χ1v) is 9.61. The van der Waals surface area contributed by atoms with Crippen molar-refractivity contribution in [1.82, 2.24) is 10.2 Å². The van der Waals surface area contributed by atoms with Crippen LogP contribution in [0.3, 0.4) is 0 Å². The third-order valence-corrected chi connectivity index (χ3v) is 5.19. The predicted molar refractivity (Wildman–Crippen MR) is 98.3 cm³/mol. The van der Waals surface area contributed by atoms with Crippen molar-refractivity contribution in [2.24, 2.45) is 5.92 Å². The van der Waals surface area contributed by atoms with Crippen LogP contribution in [0, 0.1) is 5.92 Å². The Morgan fingerprint density at radius 2 is 1.92 bits per heavy atom. The van der Waals surface area contributed by atoms with Gasteiger partial charge in [-0.1, -0.05) is 13.8 Å². The van der Waals surface area contributed by atoms with Gasteiger partial charge in [0.1, 0.15) is 5.75 Å². The average molecular weight is 359 g/mol. The first-order valence-electron chi connectivity index (χ1n) is 8.13. The zero-order valence-corrected chi connectivity index (χ0v) is 15.0. The van der Waals surface area contributed by atoms with Crippen molar-refractivity contribution in [3.8, 4) is 5.75 Å². The maximum atomic E-state index is 12.5. The summed E-state index contributed by atoms with van der Waals surface area (Å²) >= 11 is 0. The van der Waals surface area contributed by atoms with Crippen LogP contribution in [-0.4, -0.2) is 25.2 Å². The first-order chi connectivity index (χ1) is 11.9. The molecule has 1 aromatic heterocycles. The lowest BCUT2D eigenvalue weighted by Crippen LogP contribution is -2.12. The Morgan fingerprint density at radius 1 is 1.16 bits per heavy atom. The molecule has 0 aliphatic heterocycles. The van der Waals surface area contributed by atoms with E-state index in [0.717, 1.165) is 17.3 Å². The standard InChI is InChI=1S/C18H21N3O3S/c1-13(2)9-10-24-16-4-6-17(7-5-16)25(22,23)21-15-3-8-18-14(11-15)12-19-20-18/h3-8,11-13,21H,9-10H2,1-2H3,(H,19,20). The summed E-state index contributed by atoms with van der Waals surface area (Å²) in [5.74, 6) is 1.23. The van der Waals surface area contributed by atoms with Gasteiger partial charge < -0.3 is 4.74 Å². The highest BCUT2D eigenvalue weighted by molar-refractivity contribution is 7.92. The number of aromatic amines is 1. The fraction of sp³-hybridized carbons (Fsp3) is 0.278. The molecule has 0 fully saturated rings. The smallest absolute Gasteiger partial charge is 0.261 e. The molecule has 2 N–H and O–H groups in total. The average Bonchev–Trinajstić information content (AvgIpc) is 3.02. The van der Waals surface area contributed by atoms with Crippen LogP contribution in [0.15, 0.2) is 53.6 Å². The maximum Gasteiger partial charge on any atom is 0.261 e. The van der Waals surface area contributed by atoms with Crippen LogP contribution in [-0.2, 0) is 10.0 Å². The molecule has 0 unspecified atom stereocenters. The third-order valence-electron chi connectivity index (χ3n) is 3.79. The van der Waals surface area contributed by atoms with E-state index in [4.69, 9.17) is 4.74 Å². The number of nitrogens with one attached hydrogen (secondary N) is 2. The van der Waals surface area contributed by atoms with Crippen molar-refractivity contribution in [1.29, 1.82) is 0 Å². The van der Waals surface area contributed by atoms with E-state index in [9.17, 15) is 8.42 Å². The molecular weight excluding hydrogens is 338 g/mol. The quantitative estimate of drug-likeness (QED) is 0.672. The molecular formula is C18H21N3O3S. The van der Waals surface area contributed by atoms with Gasteiger partial charge in [0.2, 0.25) is 0 Å². The minimum Gasteiger partial charge on any atom is -0.494 e. The monoisotopic (exact) mass is 359 g/mol. The lowest BCUT2D eigenvalue weighted by atomic mass is 10.1. The van der Waals surface area contributed by atoms with Gasteiger partial charge in [-0.15, -0.1) is 0 Å². The Morgan fingerprint density at radius 3 is 2.64 bits per heavy atom. The van der Waals surface area contributed by atoms with E-state index in [1.807, 2.05) is 0 Å². The van der Waals surface area contributed by atoms with Crippen molar-refractivity contribution in [2.75, 3.05) is 11.3 Å². The zero-order valence-electron chi connectivity index (χ0n) is 14.2. The van der Waals surface area contributed by atoms with Crippen LogP contribution >= 0.6 is 0 Å². The minimum atomic E-state index is -3.65. The Hall–Kier alpha value is -2.54. The topological polar surface area (TPSA) is 84.1 Å². The van der Waals surface area contributed by atoms with E-state index in [-0.39, 0.29) is 4.90 Å². The highest BCUT2D eigenvalue weighted by Gasteiger charge is 2.14. The number of hydrogen-bond donors (Lipinski definition) is 2.